The van der Waals surface area contributed by atoms with Crippen LogP contribution in [-0.4, -0.2) is 31.8 Å². The van der Waals surface area contributed by atoms with Crippen LogP contribution in [0.4, 0.5) is 11.5 Å². The van der Waals surface area contributed by atoms with E-state index in [1.807, 2.05) is 6.92 Å². The Bertz CT molecular complexity index is 829. The van der Waals surface area contributed by atoms with Crippen molar-refractivity contribution in [2.45, 2.75) is 31.7 Å². The standard InChI is InChI=1S/C15H15N5O4/c1-2-5-11-14(20(23)24)13(10-8-16-18-15(10)17-11)9-6-3-4-7-12(9)19(21)22/h3-4,6-8,13-14H,2,5H2,1H3,(H,16,18). The number of aromatic nitrogens is 2. The topological polar surface area (TPSA) is 127 Å². The number of H-pyrrole nitrogens is 1. The van der Waals surface area contributed by atoms with E-state index in [4.69, 9.17) is 0 Å². The van der Waals surface area contributed by atoms with Crippen LogP contribution in [-0.2, 0) is 0 Å². The Hall–Kier alpha value is -3.10. The van der Waals surface area contributed by atoms with Gasteiger partial charge in [-0.2, -0.15) is 5.10 Å². The van der Waals surface area contributed by atoms with Gasteiger partial charge in [0.1, 0.15) is 0 Å². The van der Waals surface area contributed by atoms with Crippen molar-refractivity contribution >= 4 is 17.2 Å². The Kier molecular flexibility index (Phi) is 4.07. The maximum Gasteiger partial charge on any atom is 0.273 e. The highest BCUT2D eigenvalue weighted by molar-refractivity contribution is 5.94. The van der Waals surface area contributed by atoms with Crippen molar-refractivity contribution in [1.29, 1.82) is 0 Å². The summed E-state index contributed by atoms with van der Waals surface area (Å²) in [6.07, 6.45) is 2.59. The fraction of sp³-hybridized carbons (Fsp3) is 0.333. The van der Waals surface area contributed by atoms with E-state index in [1.54, 1.807) is 18.2 Å². The maximum atomic E-state index is 11.8. The smallest absolute Gasteiger partial charge is 0.264 e. The van der Waals surface area contributed by atoms with E-state index in [-0.39, 0.29) is 5.69 Å². The van der Waals surface area contributed by atoms with Crippen molar-refractivity contribution in [3.63, 3.8) is 0 Å². The normalized spacial score (nSPS) is 19.5. The van der Waals surface area contributed by atoms with Gasteiger partial charge in [0.15, 0.2) is 5.82 Å². The number of hydrogen-bond donors (Lipinski definition) is 1. The van der Waals surface area contributed by atoms with Gasteiger partial charge in [0.05, 0.1) is 22.7 Å². The number of nitrogens with one attached hydrogen (secondary N) is 1. The summed E-state index contributed by atoms with van der Waals surface area (Å²) in [7, 11) is 0. The number of rotatable bonds is 5. The van der Waals surface area contributed by atoms with Crippen LogP contribution in [0.2, 0.25) is 0 Å². The van der Waals surface area contributed by atoms with Crippen molar-refractivity contribution in [2.24, 2.45) is 4.99 Å². The molecule has 0 spiro atoms. The number of aliphatic imine (C=N–C) groups is 1. The summed E-state index contributed by atoms with van der Waals surface area (Å²) in [5, 5.41) is 29.8. The molecule has 1 aliphatic heterocycles. The molecule has 0 bridgehead atoms. The van der Waals surface area contributed by atoms with E-state index in [1.165, 1.54) is 12.3 Å². The highest BCUT2D eigenvalue weighted by Gasteiger charge is 2.45. The third-order valence-corrected chi connectivity index (χ3v) is 4.10. The average Bonchev–Trinajstić information content (AvgIpc) is 3.01. The zero-order chi connectivity index (χ0) is 17.3. The molecule has 0 amide bonds. The van der Waals surface area contributed by atoms with Gasteiger partial charge in [-0.15, -0.1) is 0 Å². The minimum absolute atomic E-state index is 0.140. The van der Waals surface area contributed by atoms with E-state index in [0.29, 0.717) is 35.5 Å². The summed E-state index contributed by atoms with van der Waals surface area (Å²) < 4.78 is 0. The molecule has 0 saturated heterocycles. The fourth-order valence-electron chi connectivity index (χ4n) is 3.14. The summed E-state index contributed by atoms with van der Waals surface area (Å²) in [6.45, 7) is 1.90. The Morgan fingerprint density at radius 3 is 2.62 bits per heavy atom. The van der Waals surface area contributed by atoms with Crippen LogP contribution in [0.15, 0.2) is 35.5 Å². The molecule has 2 unspecified atom stereocenters. The molecule has 0 saturated carbocycles. The Balaban J connectivity index is 2.23. The van der Waals surface area contributed by atoms with Gasteiger partial charge in [-0.3, -0.25) is 25.3 Å². The molecule has 3 rings (SSSR count). The highest BCUT2D eigenvalue weighted by atomic mass is 16.6. The van der Waals surface area contributed by atoms with Crippen LogP contribution in [0.3, 0.4) is 0 Å². The summed E-state index contributed by atoms with van der Waals surface area (Å²) in [6, 6.07) is 4.96. The van der Waals surface area contributed by atoms with Gasteiger partial charge in [-0.05, 0) is 6.42 Å². The van der Waals surface area contributed by atoms with E-state index in [9.17, 15) is 20.2 Å². The highest BCUT2D eigenvalue weighted by Crippen LogP contribution is 2.42. The van der Waals surface area contributed by atoms with Crippen molar-refractivity contribution < 1.29 is 9.85 Å². The van der Waals surface area contributed by atoms with Crippen molar-refractivity contribution in [3.8, 4) is 0 Å². The first kappa shape index (κ1) is 15.8. The third-order valence-electron chi connectivity index (χ3n) is 4.10. The lowest BCUT2D eigenvalue weighted by Crippen LogP contribution is -2.38. The van der Waals surface area contributed by atoms with Gasteiger partial charge in [0.25, 0.3) is 11.7 Å². The van der Waals surface area contributed by atoms with Crippen LogP contribution in [0, 0.1) is 20.2 Å². The van der Waals surface area contributed by atoms with Crippen molar-refractivity contribution in [1.82, 2.24) is 10.2 Å². The summed E-state index contributed by atoms with van der Waals surface area (Å²) >= 11 is 0. The molecule has 0 aliphatic carbocycles. The van der Waals surface area contributed by atoms with Crippen LogP contribution in [0.1, 0.15) is 36.8 Å². The molecular formula is C15H15N5O4. The average molecular weight is 329 g/mol. The Labute approximate surface area is 136 Å². The number of nitro benzene ring substituents is 1. The van der Waals surface area contributed by atoms with Crippen LogP contribution >= 0.6 is 0 Å². The zero-order valence-corrected chi connectivity index (χ0v) is 12.9. The number of para-hydroxylation sites is 1. The molecule has 0 fully saturated rings. The number of hydrogen-bond acceptors (Lipinski definition) is 6. The minimum Gasteiger partial charge on any atom is -0.264 e. The lowest BCUT2D eigenvalue weighted by molar-refractivity contribution is -0.506. The number of aromatic amines is 1. The summed E-state index contributed by atoms with van der Waals surface area (Å²) in [4.78, 5) is 26.5. The van der Waals surface area contributed by atoms with Gasteiger partial charge in [-0.25, -0.2) is 4.99 Å². The van der Waals surface area contributed by atoms with Crippen molar-refractivity contribution in [3.05, 3.63) is 61.8 Å². The maximum absolute atomic E-state index is 11.8. The molecule has 2 heterocycles. The van der Waals surface area contributed by atoms with E-state index < -0.39 is 21.8 Å². The predicted octanol–water partition coefficient (Wildman–Crippen LogP) is 2.98. The summed E-state index contributed by atoms with van der Waals surface area (Å²) in [5.41, 5.74) is 1.07. The lowest BCUT2D eigenvalue weighted by atomic mass is 9.80. The van der Waals surface area contributed by atoms with Gasteiger partial charge < -0.3 is 0 Å². The van der Waals surface area contributed by atoms with Crippen LogP contribution < -0.4 is 0 Å². The Morgan fingerprint density at radius 2 is 1.96 bits per heavy atom. The Morgan fingerprint density at radius 1 is 1.21 bits per heavy atom. The SMILES string of the molecule is CCCC1=Nc2[nH]ncc2C(c2ccccc2[N+](=O)[O-])C1[N+](=O)[O-]. The quantitative estimate of drug-likeness (QED) is 0.666. The van der Waals surface area contributed by atoms with Gasteiger partial charge in [-0.1, -0.05) is 31.5 Å². The van der Waals surface area contributed by atoms with Gasteiger partial charge >= 0.3 is 0 Å². The molecule has 1 aromatic heterocycles. The number of nitrogens with zero attached hydrogens (tertiary/aromatic N) is 4. The number of benzene rings is 1. The van der Waals surface area contributed by atoms with Crippen LogP contribution in [0.25, 0.3) is 0 Å². The predicted molar refractivity (Wildman–Crippen MR) is 86.3 cm³/mol. The molecule has 124 valence electrons. The molecule has 2 aromatic rings. The van der Waals surface area contributed by atoms with E-state index in [0.717, 1.165) is 0 Å². The monoisotopic (exact) mass is 329 g/mol. The van der Waals surface area contributed by atoms with Crippen molar-refractivity contribution in [2.75, 3.05) is 0 Å². The minimum atomic E-state index is -1.14. The van der Waals surface area contributed by atoms with Crippen LogP contribution in [0.5, 0.6) is 0 Å². The molecule has 1 aliphatic rings. The zero-order valence-electron chi connectivity index (χ0n) is 12.9. The van der Waals surface area contributed by atoms with E-state index >= 15 is 0 Å². The number of nitro groups is 2. The molecular weight excluding hydrogens is 314 g/mol. The lowest BCUT2D eigenvalue weighted by Gasteiger charge is -2.25. The molecule has 1 N–H and O–H groups in total. The fourth-order valence-corrected chi connectivity index (χ4v) is 3.14. The molecule has 2 atom stereocenters. The summed E-state index contributed by atoms with van der Waals surface area (Å²) in [5.74, 6) is -0.367. The number of fused-ring (bicyclic) bond motifs is 1. The largest absolute Gasteiger partial charge is 0.273 e. The van der Waals surface area contributed by atoms with E-state index in [2.05, 4.69) is 15.2 Å². The first-order valence-electron chi connectivity index (χ1n) is 7.52. The molecule has 0 radical (unpaired) electrons. The molecule has 24 heavy (non-hydrogen) atoms. The second-order valence-electron chi connectivity index (χ2n) is 5.55. The molecule has 9 heteroatoms. The first-order valence-corrected chi connectivity index (χ1v) is 7.52. The van der Waals surface area contributed by atoms with Gasteiger partial charge in [0.2, 0.25) is 0 Å². The molecule has 9 nitrogen and oxygen atoms in total. The molecule has 1 aromatic carbocycles. The second kappa shape index (κ2) is 6.19. The first-order chi connectivity index (χ1) is 11.5. The second-order valence-corrected chi connectivity index (χ2v) is 5.55. The third kappa shape index (κ3) is 2.53. The van der Waals surface area contributed by atoms with Gasteiger partial charge in [0, 0.05) is 22.1 Å².